The fourth-order valence-corrected chi connectivity index (χ4v) is 0. The first-order valence-corrected chi connectivity index (χ1v) is 0. The maximum Gasteiger partial charge on any atom is 3.00 e. The van der Waals surface area contributed by atoms with Gasteiger partial charge in [0.05, 0.1) is 0 Å². The summed E-state index contributed by atoms with van der Waals surface area (Å²) in [6.45, 7) is 0. The molecule has 0 nitrogen and oxygen atoms in total. The van der Waals surface area contributed by atoms with Gasteiger partial charge in [0, 0.05) is 0 Å². The van der Waals surface area contributed by atoms with E-state index in [4.69, 9.17) is 0 Å². The molecule has 0 aliphatic rings. The zero-order valence-corrected chi connectivity index (χ0v) is 12.9. The summed E-state index contributed by atoms with van der Waals surface area (Å²) < 4.78 is 0. The molecule has 8 heavy (non-hydrogen) atoms. The van der Waals surface area contributed by atoms with Gasteiger partial charge in [0.25, 0.3) is 0 Å². The van der Waals surface area contributed by atoms with Crippen LogP contribution < -0.4 is 74.4 Å². The van der Waals surface area contributed by atoms with Crippen LogP contribution in [0.25, 0.3) is 0 Å². The Morgan fingerprint density at radius 3 is 0.250 bits per heavy atom. The van der Waals surface area contributed by atoms with Crippen LogP contribution in [-0.2, 0) is 0 Å². The van der Waals surface area contributed by atoms with Crippen LogP contribution in [0, 0.1) is 80.8 Å². The molecule has 0 atom stereocenters. The third-order valence-electron chi connectivity index (χ3n) is 0. The minimum atomic E-state index is 0. The number of halogens is 6. The van der Waals surface area contributed by atoms with Gasteiger partial charge < -0.3 is 74.4 Å². The van der Waals surface area contributed by atoms with E-state index in [1.54, 1.807) is 0 Å². The molecule has 0 N–H and O–H groups in total. The Bertz CT molecular complexity index is 6.49. The van der Waals surface area contributed by atoms with E-state index >= 15 is 0 Å². The molecule has 0 saturated carbocycles. The molecule has 0 spiro atoms. The molecular formula is Cl6Sm2. The molecule has 54 valence electrons. The monoisotopic (exact) mass is 514 g/mol. The topological polar surface area (TPSA) is 0 Å². The second kappa shape index (κ2) is 63.5. The predicted octanol–water partition coefficient (Wildman–Crippen LogP) is -18.0. The molecule has 0 aromatic heterocycles. The largest absolute Gasteiger partial charge is 3.00 e. The predicted molar refractivity (Wildman–Crippen MR) is 0 cm³/mol. The molecule has 0 aromatic carbocycles. The molecule has 0 bridgehead atoms. The van der Waals surface area contributed by atoms with Crippen LogP contribution in [0.1, 0.15) is 0 Å². The van der Waals surface area contributed by atoms with Crippen LogP contribution >= 0.6 is 0 Å². The van der Waals surface area contributed by atoms with Crippen molar-refractivity contribution in [2.75, 3.05) is 0 Å². The Kier molecular flexibility index (Phi) is 659. The van der Waals surface area contributed by atoms with Gasteiger partial charge in [-0.1, -0.05) is 0 Å². The second-order valence-corrected chi connectivity index (χ2v) is 0. The first kappa shape index (κ1) is 83.0. The van der Waals surface area contributed by atoms with E-state index in [0.29, 0.717) is 0 Å². The molecule has 2 radical (unpaired) electrons. The van der Waals surface area contributed by atoms with E-state index in [-0.39, 0.29) is 155 Å². The van der Waals surface area contributed by atoms with Crippen molar-refractivity contribution in [1.29, 1.82) is 0 Å². The minimum absolute atomic E-state index is 0. The number of hydrogen-bond donors (Lipinski definition) is 0. The Morgan fingerprint density at radius 1 is 0.250 bits per heavy atom. The summed E-state index contributed by atoms with van der Waals surface area (Å²) in [4.78, 5) is 0. The van der Waals surface area contributed by atoms with Crippen LogP contribution in [0.5, 0.6) is 0 Å². The Morgan fingerprint density at radius 2 is 0.250 bits per heavy atom. The first-order chi connectivity index (χ1) is 0. The molecular weight excluding hydrogens is 513 g/mol. The minimum Gasteiger partial charge on any atom is -1.00 e. The van der Waals surface area contributed by atoms with Crippen molar-refractivity contribution in [3.8, 4) is 0 Å². The van der Waals surface area contributed by atoms with Crippen molar-refractivity contribution in [3.63, 3.8) is 0 Å². The summed E-state index contributed by atoms with van der Waals surface area (Å²) >= 11 is 0. The average molecular weight is 513 g/mol. The second-order valence-electron chi connectivity index (χ2n) is 0. The fourth-order valence-electron chi connectivity index (χ4n) is 0. The van der Waals surface area contributed by atoms with Gasteiger partial charge in [-0.2, -0.15) is 0 Å². The molecule has 0 amide bonds. The number of hydrogen-bond acceptors (Lipinski definition) is 0. The van der Waals surface area contributed by atoms with E-state index in [2.05, 4.69) is 0 Å². The molecule has 0 aliphatic carbocycles. The summed E-state index contributed by atoms with van der Waals surface area (Å²) in [6.07, 6.45) is 0. The van der Waals surface area contributed by atoms with Gasteiger partial charge in [-0.3, -0.25) is 0 Å². The molecule has 0 heterocycles. The van der Waals surface area contributed by atoms with E-state index in [0.717, 1.165) is 0 Å². The standard InChI is InChI=1S/6ClH.2Sm/h6*1H;;/q;;;;;;2*+3/p-6. The maximum atomic E-state index is 0. The molecule has 0 saturated heterocycles. The van der Waals surface area contributed by atoms with Crippen molar-refractivity contribution < 1.29 is 155 Å². The maximum absolute atomic E-state index is 0. The Labute approximate surface area is 151 Å². The number of rotatable bonds is 0. The van der Waals surface area contributed by atoms with E-state index in [1.807, 2.05) is 0 Å². The molecule has 0 fully saturated rings. The summed E-state index contributed by atoms with van der Waals surface area (Å²) in [7, 11) is 0. The summed E-state index contributed by atoms with van der Waals surface area (Å²) in [5.41, 5.74) is 0. The third kappa shape index (κ3) is 47.4. The van der Waals surface area contributed by atoms with Crippen molar-refractivity contribution >= 4 is 0 Å². The van der Waals surface area contributed by atoms with E-state index in [1.165, 1.54) is 0 Å². The zero-order chi connectivity index (χ0) is 0. The molecule has 0 aromatic rings. The van der Waals surface area contributed by atoms with Crippen LogP contribution in [0.15, 0.2) is 0 Å². The summed E-state index contributed by atoms with van der Waals surface area (Å²) in [5.74, 6) is 0. The van der Waals surface area contributed by atoms with Gasteiger partial charge in [0.2, 0.25) is 0 Å². The smallest absolute Gasteiger partial charge is 1.00 e. The van der Waals surface area contributed by atoms with Crippen molar-refractivity contribution in [1.82, 2.24) is 0 Å². The SMILES string of the molecule is [Cl-].[Cl-].[Cl-].[Cl-].[Cl-].[Cl-].[Sm+3].[Sm+3]. The van der Waals surface area contributed by atoms with Crippen molar-refractivity contribution in [3.05, 3.63) is 0 Å². The van der Waals surface area contributed by atoms with Crippen LogP contribution in [-0.4, -0.2) is 0 Å². The fraction of sp³-hybridized carbons (Fsp3) is 0. The zero-order valence-electron chi connectivity index (χ0n) is 3.08. The normalized spacial score (nSPS) is 0. The first-order valence-electron chi connectivity index (χ1n) is 0. The van der Waals surface area contributed by atoms with Crippen molar-refractivity contribution in [2.45, 2.75) is 0 Å². The summed E-state index contributed by atoms with van der Waals surface area (Å²) in [6, 6.07) is 0. The molecule has 0 unspecified atom stereocenters. The van der Waals surface area contributed by atoms with Gasteiger partial charge >= 0.3 is 80.8 Å². The van der Waals surface area contributed by atoms with Gasteiger partial charge in [-0.05, 0) is 0 Å². The molecule has 0 rings (SSSR count). The van der Waals surface area contributed by atoms with E-state index < -0.39 is 0 Å². The third-order valence-corrected chi connectivity index (χ3v) is 0. The van der Waals surface area contributed by atoms with Gasteiger partial charge in [0.15, 0.2) is 0 Å². The molecule has 0 aliphatic heterocycles. The van der Waals surface area contributed by atoms with Gasteiger partial charge in [-0.15, -0.1) is 0 Å². The quantitative estimate of drug-likeness (QED) is 0.302. The van der Waals surface area contributed by atoms with Crippen LogP contribution in [0.4, 0.5) is 0 Å². The average Bonchev–Trinajstić information content (AvgIpc) is 0. The van der Waals surface area contributed by atoms with Gasteiger partial charge in [0.1, 0.15) is 0 Å². The van der Waals surface area contributed by atoms with Crippen molar-refractivity contribution in [2.24, 2.45) is 0 Å². The van der Waals surface area contributed by atoms with Crippen LogP contribution in [0.2, 0.25) is 0 Å². The van der Waals surface area contributed by atoms with Gasteiger partial charge in [-0.25, -0.2) is 0 Å². The Hall–Kier alpha value is 4.42. The van der Waals surface area contributed by atoms with Crippen LogP contribution in [0.3, 0.4) is 0 Å². The molecule has 8 heteroatoms. The Balaban J connectivity index is 0. The summed E-state index contributed by atoms with van der Waals surface area (Å²) in [5, 5.41) is 0. The van der Waals surface area contributed by atoms with E-state index in [9.17, 15) is 0 Å².